The van der Waals surface area contributed by atoms with Gasteiger partial charge in [0.1, 0.15) is 0 Å². The van der Waals surface area contributed by atoms with Crippen LogP contribution in [0.15, 0.2) is 59.7 Å². The van der Waals surface area contributed by atoms with E-state index in [0.29, 0.717) is 0 Å². The Morgan fingerprint density at radius 3 is 2.29 bits per heavy atom. The van der Waals surface area contributed by atoms with Gasteiger partial charge in [-0.1, -0.05) is 30.3 Å². The van der Waals surface area contributed by atoms with Gasteiger partial charge < -0.3 is 5.73 Å². The molecule has 0 aromatic heterocycles. The van der Waals surface area contributed by atoms with E-state index in [9.17, 15) is 0 Å². The summed E-state index contributed by atoms with van der Waals surface area (Å²) in [4.78, 5) is 0. The molecular formula is C14H15N3. The van der Waals surface area contributed by atoms with Gasteiger partial charge in [-0.15, -0.1) is 0 Å². The fourth-order valence-corrected chi connectivity index (χ4v) is 1.45. The summed E-state index contributed by atoms with van der Waals surface area (Å²) in [5, 5.41) is 4.32. The maximum Gasteiger partial charge on any atom is 0.0648 e. The molecule has 0 bridgehead atoms. The van der Waals surface area contributed by atoms with Crippen LogP contribution in [-0.2, 0) is 0 Å². The first-order valence-electron chi connectivity index (χ1n) is 5.47. The number of nitrogen functional groups attached to an aromatic ring is 1. The molecule has 0 aliphatic rings. The summed E-state index contributed by atoms with van der Waals surface area (Å²) in [6.45, 7) is 1.96. The second-order valence-electron chi connectivity index (χ2n) is 3.80. The molecule has 0 aliphatic carbocycles. The largest absolute Gasteiger partial charge is 0.399 e. The number of hydrogen-bond acceptors (Lipinski definition) is 3. The highest BCUT2D eigenvalue weighted by Crippen LogP contribution is 2.08. The Morgan fingerprint density at radius 1 is 1.00 bits per heavy atom. The summed E-state index contributed by atoms with van der Waals surface area (Å²) in [6.07, 6.45) is 0. The summed E-state index contributed by atoms with van der Waals surface area (Å²) in [7, 11) is 0. The summed E-state index contributed by atoms with van der Waals surface area (Å²) >= 11 is 0. The number of nitrogens with two attached hydrogens (primary N) is 1. The molecule has 2 aromatic carbocycles. The first-order valence-corrected chi connectivity index (χ1v) is 5.47. The van der Waals surface area contributed by atoms with Crippen LogP contribution in [-0.4, -0.2) is 5.71 Å². The molecule has 86 valence electrons. The molecule has 3 heteroatoms. The molecule has 2 aromatic rings. The number of para-hydroxylation sites is 1. The minimum Gasteiger partial charge on any atom is -0.399 e. The van der Waals surface area contributed by atoms with Crippen molar-refractivity contribution in [2.75, 3.05) is 11.2 Å². The topological polar surface area (TPSA) is 50.4 Å². The molecule has 17 heavy (non-hydrogen) atoms. The zero-order chi connectivity index (χ0) is 12.1. The Hall–Kier alpha value is -2.29. The van der Waals surface area contributed by atoms with Gasteiger partial charge in [-0.3, -0.25) is 5.43 Å². The highest BCUT2D eigenvalue weighted by atomic mass is 15.3. The van der Waals surface area contributed by atoms with Crippen LogP contribution in [0.2, 0.25) is 0 Å². The Kier molecular flexibility index (Phi) is 3.40. The van der Waals surface area contributed by atoms with Crippen LogP contribution < -0.4 is 11.2 Å². The van der Waals surface area contributed by atoms with Crippen LogP contribution in [0.4, 0.5) is 11.4 Å². The number of nitrogens with zero attached hydrogens (tertiary/aromatic N) is 1. The van der Waals surface area contributed by atoms with Crippen molar-refractivity contribution in [1.82, 2.24) is 0 Å². The lowest BCUT2D eigenvalue weighted by Gasteiger charge is -2.03. The van der Waals surface area contributed by atoms with E-state index in [1.807, 2.05) is 61.5 Å². The molecule has 3 N–H and O–H groups in total. The van der Waals surface area contributed by atoms with Gasteiger partial charge in [-0.25, -0.2) is 0 Å². The molecule has 0 fully saturated rings. The summed E-state index contributed by atoms with van der Waals surface area (Å²) in [5.41, 5.74) is 12.4. The third-order valence-electron chi connectivity index (χ3n) is 2.45. The van der Waals surface area contributed by atoms with E-state index in [4.69, 9.17) is 5.73 Å². The third-order valence-corrected chi connectivity index (χ3v) is 2.45. The SMILES string of the molecule is C/C(=N\Nc1ccccc1)c1ccc(N)cc1. The lowest BCUT2D eigenvalue weighted by molar-refractivity contribution is 1.32. The van der Waals surface area contributed by atoms with Gasteiger partial charge in [-0.2, -0.15) is 5.10 Å². The monoisotopic (exact) mass is 225 g/mol. The number of anilines is 2. The van der Waals surface area contributed by atoms with Crippen LogP contribution in [0.3, 0.4) is 0 Å². The molecule has 3 nitrogen and oxygen atoms in total. The van der Waals surface area contributed by atoms with E-state index in [2.05, 4.69) is 10.5 Å². The summed E-state index contributed by atoms with van der Waals surface area (Å²) < 4.78 is 0. The third kappa shape index (κ3) is 3.08. The minimum atomic E-state index is 0.762. The van der Waals surface area contributed by atoms with Crippen molar-refractivity contribution in [3.63, 3.8) is 0 Å². The van der Waals surface area contributed by atoms with Gasteiger partial charge >= 0.3 is 0 Å². The second kappa shape index (κ2) is 5.16. The van der Waals surface area contributed by atoms with Crippen molar-refractivity contribution in [3.8, 4) is 0 Å². The van der Waals surface area contributed by atoms with Crippen LogP contribution in [0, 0.1) is 0 Å². The predicted octanol–water partition coefficient (Wildman–Crippen LogP) is 3.10. The fourth-order valence-electron chi connectivity index (χ4n) is 1.45. The van der Waals surface area contributed by atoms with Crippen molar-refractivity contribution in [2.24, 2.45) is 5.10 Å². The molecule has 0 aliphatic heterocycles. The van der Waals surface area contributed by atoms with Gasteiger partial charge in [-0.05, 0) is 36.8 Å². The smallest absolute Gasteiger partial charge is 0.0648 e. The van der Waals surface area contributed by atoms with Crippen LogP contribution in [0.1, 0.15) is 12.5 Å². The van der Waals surface area contributed by atoms with E-state index >= 15 is 0 Å². The highest BCUT2D eigenvalue weighted by molar-refractivity contribution is 5.99. The fraction of sp³-hybridized carbons (Fsp3) is 0.0714. The number of rotatable bonds is 3. The molecule has 0 amide bonds. The maximum absolute atomic E-state index is 5.64. The van der Waals surface area contributed by atoms with Crippen molar-refractivity contribution >= 4 is 17.1 Å². The number of benzene rings is 2. The normalized spacial score (nSPS) is 11.2. The number of hydrogen-bond donors (Lipinski definition) is 2. The molecule has 0 heterocycles. The van der Waals surface area contributed by atoms with Gasteiger partial charge in [0.05, 0.1) is 11.4 Å². The first kappa shape index (κ1) is 11.2. The van der Waals surface area contributed by atoms with Crippen molar-refractivity contribution < 1.29 is 0 Å². The maximum atomic E-state index is 5.64. The standard InChI is InChI=1S/C14H15N3/c1-11(12-7-9-13(15)10-8-12)16-17-14-5-3-2-4-6-14/h2-10,17H,15H2,1H3/b16-11+. The molecule has 0 saturated carbocycles. The number of nitrogens with one attached hydrogen (secondary N) is 1. The van der Waals surface area contributed by atoms with E-state index in [1.54, 1.807) is 0 Å². The Labute approximate surface area is 101 Å². The molecule has 2 rings (SSSR count). The number of hydrazone groups is 1. The minimum absolute atomic E-state index is 0.762. The predicted molar refractivity (Wildman–Crippen MR) is 73.1 cm³/mol. The quantitative estimate of drug-likeness (QED) is 0.479. The van der Waals surface area contributed by atoms with E-state index < -0.39 is 0 Å². The summed E-state index contributed by atoms with van der Waals surface area (Å²) in [5.74, 6) is 0. The van der Waals surface area contributed by atoms with E-state index in [1.165, 1.54) is 0 Å². The first-order chi connectivity index (χ1) is 8.25. The van der Waals surface area contributed by atoms with Gasteiger partial charge in [0.25, 0.3) is 0 Å². The van der Waals surface area contributed by atoms with Crippen molar-refractivity contribution in [3.05, 3.63) is 60.2 Å². The Balaban J connectivity index is 2.10. The molecule has 0 spiro atoms. The average molecular weight is 225 g/mol. The van der Waals surface area contributed by atoms with Crippen molar-refractivity contribution in [2.45, 2.75) is 6.92 Å². The summed E-state index contributed by atoms with van der Waals surface area (Å²) in [6, 6.07) is 17.5. The lowest BCUT2D eigenvalue weighted by atomic mass is 10.1. The van der Waals surface area contributed by atoms with Gasteiger partial charge in [0.2, 0.25) is 0 Å². The van der Waals surface area contributed by atoms with E-state index in [0.717, 1.165) is 22.6 Å². The average Bonchev–Trinajstić information content (AvgIpc) is 2.38. The zero-order valence-electron chi connectivity index (χ0n) is 9.72. The Bertz CT molecular complexity index is 501. The van der Waals surface area contributed by atoms with Crippen LogP contribution >= 0.6 is 0 Å². The van der Waals surface area contributed by atoms with Crippen LogP contribution in [0.5, 0.6) is 0 Å². The molecule has 0 radical (unpaired) electrons. The lowest BCUT2D eigenvalue weighted by Crippen LogP contribution is -1.99. The van der Waals surface area contributed by atoms with Crippen molar-refractivity contribution in [1.29, 1.82) is 0 Å². The van der Waals surface area contributed by atoms with E-state index in [-0.39, 0.29) is 0 Å². The van der Waals surface area contributed by atoms with Crippen LogP contribution in [0.25, 0.3) is 0 Å². The zero-order valence-corrected chi connectivity index (χ0v) is 9.72. The van der Waals surface area contributed by atoms with Gasteiger partial charge in [0.15, 0.2) is 0 Å². The molecule has 0 saturated heterocycles. The molecule has 0 unspecified atom stereocenters. The second-order valence-corrected chi connectivity index (χ2v) is 3.80. The Morgan fingerprint density at radius 2 is 1.65 bits per heavy atom. The highest BCUT2D eigenvalue weighted by Gasteiger charge is 1.96. The van der Waals surface area contributed by atoms with Gasteiger partial charge in [0, 0.05) is 5.69 Å². The molecule has 0 atom stereocenters. The molecular weight excluding hydrogens is 210 g/mol.